The van der Waals surface area contributed by atoms with Crippen LogP contribution in [0.5, 0.6) is 5.75 Å². The Morgan fingerprint density at radius 1 is 1.21 bits per heavy atom. The van der Waals surface area contributed by atoms with Crippen LogP contribution in [0.3, 0.4) is 0 Å². The van der Waals surface area contributed by atoms with Crippen molar-refractivity contribution in [2.75, 3.05) is 0 Å². The summed E-state index contributed by atoms with van der Waals surface area (Å²) in [6.07, 6.45) is 2.71. The molecule has 3 N–H and O–H groups in total. The van der Waals surface area contributed by atoms with Crippen molar-refractivity contribution >= 4 is 11.6 Å². The van der Waals surface area contributed by atoms with Gasteiger partial charge in [0.05, 0.1) is 6.10 Å². The summed E-state index contributed by atoms with van der Waals surface area (Å²) in [7, 11) is 0. The molecule has 100 valence electrons. The molecule has 1 atom stereocenters. The molecule has 1 heterocycles. The van der Waals surface area contributed by atoms with Gasteiger partial charge in [0.25, 0.3) is 0 Å². The number of rotatable bonds is 5. The first-order chi connectivity index (χ1) is 9.26. The molecular formula is C14H15ClN2O2. The van der Waals surface area contributed by atoms with E-state index in [0.29, 0.717) is 17.1 Å². The van der Waals surface area contributed by atoms with Crippen LogP contribution in [0.1, 0.15) is 30.2 Å². The molecule has 19 heavy (non-hydrogen) atoms. The molecule has 0 saturated heterocycles. The van der Waals surface area contributed by atoms with E-state index in [2.05, 4.69) is 5.43 Å². The van der Waals surface area contributed by atoms with E-state index in [4.69, 9.17) is 26.6 Å². The second-order valence-electron chi connectivity index (χ2n) is 4.63. The zero-order valence-corrected chi connectivity index (χ0v) is 11.1. The molecule has 1 aliphatic carbocycles. The normalized spacial score (nSPS) is 16.3. The van der Waals surface area contributed by atoms with Crippen molar-refractivity contribution < 1.29 is 9.15 Å². The highest BCUT2D eigenvalue weighted by molar-refractivity contribution is 6.28. The molecule has 0 radical (unpaired) electrons. The number of halogens is 1. The smallest absolute Gasteiger partial charge is 0.193 e. The van der Waals surface area contributed by atoms with Crippen LogP contribution in [-0.2, 0) is 0 Å². The van der Waals surface area contributed by atoms with Crippen LogP contribution in [0.2, 0.25) is 5.22 Å². The SMILES string of the molecule is NNC(c1ccc(OC2CC2)cc1)c1ccc(Cl)o1. The summed E-state index contributed by atoms with van der Waals surface area (Å²) >= 11 is 5.78. The molecule has 1 saturated carbocycles. The number of nitrogens with one attached hydrogen (secondary N) is 1. The highest BCUT2D eigenvalue weighted by Gasteiger charge is 2.23. The van der Waals surface area contributed by atoms with Crippen LogP contribution in [0, 0.1) is 0 Å². The van der Waals surface area contributed by atoms with Crippen LogP contribution in [0.4, 0.5) is 0 Å². The summed E-state index contributed by atoms with van der Waals surface area (Å²) in [4.78, 5) is 0. The van der Waals surface area contributed by atoms with E-state index >= 15 is 0 Å². The Morgan fingerprint density at radius 3 is 2.47 bits per heavy atom. The summed E-state index contributed by atoms with van der Waals surface area (Å²) in [6.45, 7) is 0. The van der Waals surface area contributed by atoms with Crippen LogP contribution >= 0.6 is 11.6 Å². The van der Waals surface area contributed by atoms with Crippen LogP contribution in [-0.4, -0.2) is 6.10 Å². The van der Waals surface area contributed by atoms with E-state index in [-0.39, 0.29) is 6.04 Å². The van der Waals surface area contributed by atoms with E-state index in [1.165, 1.54) is 0 Å². The van der Waals surface area contributed by atoms with Crippen molar-refractivity contribution in [1.82, 2.24) is 5.43 Å². The molecule has 4 nitrogen and oxygen atoms in total. The average Bonchev–Trinajstić information content (AvgIpc) is 3.13. The average molecular weight is 279 g/mol. The van der Waals surface area contributed by atoms with Crippen molar-refractivity contribution in [2.45, 2.75) is 25.0 Å². The molecule has 1 aromatic heterocycles. The summed E-state index contributed by atoms with van der Waals surface area (Å²) in [6, 6.07) is 11.1. The van der Waals surface area contributed by atoms with Gasteiger partial charge in [0.1, 0.15) is 17.6 Å². The predicted molar refractivity (Wildman–Crippen MR) is 73.0 cm³/mol. The fraction of sp³-hybridized carbons (Fsp3) is 0.286. The van der Waals surface area contributed by atoms with Gasteiger partial charge >= 0.3 is 0 Å². The summed E-state index contributed by atoms with van der Waals surface area (Å²) < 4.78 is 11.1. The molecular weight excluding hydrogens is 264 g/mol. The molecule has 1 aromatic carbocycles. The van der Waals surface area contributed by atoms with Gasteiger partial charge in [-0.15, -0.1) is 0 Å². The second kappa shape index (κ2) is 5.25. The summed E-state index contributed by atoms with van der Waals surface area (Å²) in [5, 5.41) is 0.351. The molecule has 1 unspecified atom stereocenters. The zero-order chi connectivity index (χ0) is 13.2. The first-order valence-corrected chi connectivity index (χ1v) is 6.62. The Labute approximate surface area is 116 Å². The van der Waals surface area contributed by atoms with Gasteiger partial charge in [-0.25, -0.2) is 5.43 Å². The Kier molecular flexibility index (Phi) is 3.46. The molecule has 0 bridgehead atoms. The van der Waals surface area contributed by atoms with Gasteiger partial charge < -0.3 is 9.15 Å². The van der Waals surface area contributed by atoms with Gasteiger partial charge in [-0.05, 0) is 54.3 Å². The van der Waals surface area contributed by atoms with Crippen LogP contribution < -0.4 is 16.0 Å². The quantitative estimate of drug-likeness (QED) is 0.652. The summed E-state index contributed by atoms with van der Waals surface area (Å²) in [5.41, 5.74) is 3.72. The summed E-state index contributed by atoms with van der Waals surface area (Å²) in [5.74, 6) is 7.16. The molecule has 0 amide bonds. The molecule has 5 heteroatoms. The lowest BCUT2D eigenvalue weighted by molar-refractivity contribution is 0.303. The van der Waals surface area contributed by atoms with Crippen molar-refractivity contribution in [2.24, 2.45) is 5.84 Å². The van der Waals surface area contributed by atoms with E-state index in [0.717, 1.165) is 24.2 Å². The van der Waals surface area contributed by atoms with E-state index in [9.17, 15) is 0 Å². The Morgan fingerprint density at radius 2 is 1.95 bits per heavy atom. The van der Waals surface area contributed by atoms with Crippen LogP contribution in [0.25, 0.3) is 0 Å². The van der Waals surface area contributed by atoms with Crippen molar-refractivity contribution in [1.29, 1.82) is 0 Å². The number of hydrogen-bond donors (Lipinski definition) is 2. The highest BCUT2D eigenvalue weighted by Crippen LogP contribution is 2.29. The van der Waals surface area contributed by atoms with Gasteiger partial charge in [-0.1, -0.05) is 12.1 Å². The first kappa shape index (κ1) is 12.5. The number of furan rings is 1. The zero-order valence-electron chi connectivity index (χ0n) is 10.3. The van der Waals surface area contributed by atoms with Crippen molar-refractivity contribution in [3.63, 3.8) is 0 Å². The first-order valence-electron chi connectivity index (χ1n) is 6.24. The lowest BCUT2D eigenvalue weighted by Gasteiger charge is -2.14. The maximum absolute atomic E-state index is 5.78. The van der Waals surface area contributed by atoms with E-state index < -0.39 is 0 Å². The fourth-order valence-corrected chi connectivity index (χ4v) is 2.10. The fourth-order valence-electron chi connectivity index (χ4n) is 1.94. The number of hydrogen-bond acceptors (Lipinski definition) is 4. The molecule has 3 rings (SSSR count). The highest BCUT2D eigenvalue weighted by atomic mass is 35.5. The van der Waals surface area contributed by atoms with E-state index in [1.54, 1.807) is 6.07 Å². The van der Waals surface area contributed by atoms with Gasteiger partial charge in [0, 0.05) is 0 Å². The van der Waals surface area contributed by atoms with Gasteiger partial charge in [-0.2, -0.15) is 0 Å². The third-order valence-corrected chi connectivity index (χ3v) is 3.29. The second-order valence-corrected chi connectivity index (χ2v) is 5.00. The number of nitrogens with two attached hydrogens (primary N) is 1. The maximum Gasteiger partial charge on any atom is 0.193 e. The standard InChI is InChI=1S/C14H15ClN2O2/c15-13-8-7-12(19-13)14(17-16)9-1-3-10(4-2-9)18-11-5-6-11/h1-4,7-8,11,14,17H,5-6,16H2. The Bertz CT molecular complexity index is 549. The van der Waals surface area contributed by atoms with E-state index in [1.807, 2.05) is 30.3 Å². The van der Waals surface area contributed by atoms with Gasteiger partial charge in [0.15, 0.2) is 5.22 Å². The number of ether oxygens (including phenoxy) is 1. The Hall–Kier alpha value is -1.49. The van der Waals surface area contributed by atoms with Crippen molar-refractivity contribution in [3.05, 3.63) is 52.9 Å². The number of benzene rings is 1. The monoisotopic (exact) mass is 278 g/mol. The molecule has 1 aliphatic rings. The predicted octanol–water partition coefficient (Wildman–Crippen LogP) is 3.03. The third-order valence-electron chi connectivity index (χ3n) is 3.09. The topological polar surface area (TPSA) is 60.4 Å². The lowest BCUT2D eigenvalue weighted by atomic mass is 10.1. The van der Waals surface area contributed by atoms with Crippen molar-refractivity contribution in [3.8, 4) is 5.75 Å². The minimum Gasteiger partial charge on any atom is -0.490 e. The third kappa shape index (κ3) is 2.92. The minimum atomic E-state index is -0.220. The Balaban J connectivity index is 1.78. The largest absolute Gasteiger partial charge is 0.490 e. The minimum absolute atomic E-state index is 0.220. The molecule has 2 aromatic rings. The lowest BCUT2D eigenvalue weighted by Crippen LogP contribution is -2.28. The maximum atomic E-state index is 5.78. The van der Waals surface area contributed by atoms with Gasteiger partial charge in [0.2, 0.25) is 0 Å². The molecule has 0 aliphatic heterocycles. The van der Waals surface area contributed by atoms with Gasteiger partial charge in [-0.3, -0.25) is 5.84 Å². The van der Waals surface area contributed by atoms with Crippen LogP contribution in [0.15, 0.2) is 40.8 Å². The molecule has 1 fully saturated rings. The molecule has 0 spiro atoms. The number of hydrazine groups is 1.